The van der Waals surface area contributed by atoms with Crippen molar-refractivity contribution in [3.8, 4) is 11.5 Å². The number of rotatable bonds is 3. The maximum Gasteiger partial charge on any atom is 0.178 e. The first-order valence-corrected chi connectivity index (χ1v) is 6.68. The van der Waals surface area contributed by atoms with E-state index in [2.05, 4.69) is 20.9 Å². The Morgan fingerprint density at radius 3 is 2.26 bits per heavy atom. The third-order valence-electron chi connectivity index (χ3n) is 2.74. The summed E-state index contributed by atoms with van der Waals surface area (Å²) in [4.78, 5) is 15.2. The maximum atomic E-state index is 11.1. The third kappa shape index (κ3) is 3.20. The molecule has 1 heterocycles. The number of ketones is 1. The average molecular weight is 320 g/mol. The summed E-state index contributed by atoms with van der Waals surface area (Å²) >= 11 is 3.52. The minimum atomic E-state index is -0.0538. The van der Waals surface area contributed by atoms with Crippen LogP contribution in [0.4, 0.5) is 0 Å². The van der Waals surface area contributed by atoms with Crippen LogP contribution in [0.3, 0.4) is 0 Å². The van der Waals surface area contributed by atoms with Crippen LogP contribution in [0.5, 0.6) is 11.5 Å². The van der Waals surface area contributed by atoms with Gasteiger partial charge in [-0.3, -0.25) is 4.79 Å². The highest BCUT2D eigenvalue weighted by Gasteiger charge is 2.05. The molecule has 0 saturated carbocycles. The molecular weight excluding hydrogens is 306 g/mol. The number of pyridine rings is 1. The number of carbonyl (C=O) groups is 1. The van der Waals surface area contributed by atoms with Crippen LogP contribution in [0.2, 0.25) is 0 Å². The summed E-state index contributed by atoms with van der Waals surface area (Å²) in [7, 11) is 0. The first kappa shape index (κ1) is 13.7. The summed E-state index contributed by atoms with van der Waals surface area (Å²) in [6, 6.07) is 7.32. The van der Waals surface area contributed by atoms with Gasteiger partial charge in [-0.2, -0.15) is 0 Å². The monoisotopic (exact) mass is 319 g/mol. The highest BCUT2D eigenvalue weighted by Crippen LogP contribution is 2.29. The molecule has 98 valence electrons. The van der Waals surface area contributed by atoms with Crippen LogP contribution in [0.25, 0.3) is 0 Å². The fourth-order valence-electron chi connectivity index (χ4n) is 1.75. The summed E-state index contributed by atoms with van der Waals surface area (Å²) in [6.45, 7) is 5.52. The Morgan fingerprint density at radius 2 is 1.79 bits per heavy atom. The van der Waals surface area contributed by atoms with Gasteiger partial charge in [0, 0.05) is 11.4 Å². The van der Waals surface area contributed by atoms with Gasteiger partial charge in [-0.25, -0.2) is 4.98 Å². The molecule has 0 unspecified atom stereocenters. The second-order valence-corrected chi connectivity index (χ2v) is 5.20. The lowest BCUT2D eigenvalue weighted by Gasteiger charge is -2.09. The number of ether oxygens (including phenoxy) is 1. The molecule has 0 aliphatic heterocycles. The van der Waals surface area contributed by atoms with Crippen molar-refractivity contribution in [2.45, 2.75) is 20.8 Å². The number of nitrogens with zero attached hydrogens (tertiary/aromatic N) is 1. The van der Waals surface area contributed by atoms with E-state index >= 15 is 0 Å². The minimum absolute atomic E-state index is 0.0538. The lowest BCUT2D eigenvalue weighted by Crippen LogP contribution is -1.96. The molecule has 3 nitrogen and oxygen atoms in total. The van der Waals surface area contributed by atoms with Crippen molar-refractivity contribution >= 4 is 21.7 Å². The molecule has 19 heavy (non-hydrogen) atoms. The van der Waals surface area contributed by atoms with Gasteiger partial charge in [0.25, 0.3) is 0 Å². The Hall–Kier alpha value is -1.68. The van der Waals surface area contributed by atoms with E-state index in [0.29, 0.717) is 11.4 Å². The first-order chi connectivity index (χ1) is 8.97. The van der Waals surface area contributed by atoms with Gasteiger partial charge in [0.2, 0.25) is 0 Å². The van der Waals surface area contributed by atoms with Crippen molar-refractivity contribution < 1.29 is 9.53 Å². The van der Waals surface area contributed by atoms with Gasteiger partial charge in [0.15, 0.2) is 5.78 Å². The average Bonchev–Trinajstić information content (AvgIpc) is 2.36. The van der Waals surface area contributed by atoms with E-state index < -0.39 is 0 Å². The predicted octanol–water partition coefficient (Wildman–Crippen LogP) is 4.46. The number of carbonyl (C=O) groups excluding carboxylic acids is 1. The molecule has 0 fully saturated rings. The highest BCUT2D eigenvalue weighted by atomic mass is 79.9. The fraction of sp³-hybridized carbons (Fsp3) is 0.200. The van der Waals surface area contributed by atoms with Gasteiger partial charge in [-0.15, -0.1) is 0 Å². The van der Waals surface area contributed by atoms with E-state index in [1.807, 2.05) is 26.0 Å². The van der Waals surface area contributed by atoms with Crippen molar-refractivity contribution in [1.29, 1.82) is 0 Å². The number of Topliss-reactive ketones (excluding diaryl/α,β-unsaturated/α-hetero) is 1. The molecular formula is C15H14BrNO2. The predicted molar refractivity (Wildman–Crippen MR) is 77.9 cm³/mol. The fourth-order valence-corrected chi connectivity index (χ4v) is 1.98. The van der Waals surface area contributed by atoms with Gasteiger partial charge in [0.1, 0.15) is 17.2 Å². The Morgan fingerprint density at radius 1 is 1.16 bits per heavy atom. The molecule has 0 N–H and O–H groups in total. The molecule has 2 rings (SSSR count). The van der Waals surface area contributed by atoms with Crippen LogP contribution in [0, 0.1) is 13.8 Å². The lowest BCUT2D eigenvalue weighted by molar-refractivity contribution is 0.101. The summed E-state index contributed by atoms with van der Waals surface area (Å²) in [5.41, 5.74) is 2.67. The normalized spacial score (nSPS) is 10.3. The van der Waals surface area contributed by atoms with Gasteiger partial charge in [0.05, 0.1) is 6.20 Å². The van der Waals surface area contributed by atoms with E-state index in [0.717, 1.165) is 21.3 Å². The van der Waals surface area contributed by atoms with E-state index in [1.165, 1.54) is 6.92 Å². The zero-order valence-electron chi connectivity index (χ0n) is 11.0. The molecule has 0 amide bonds. The molecule has 0 bridgehead atoms. The smallest absolute Gasteiger partial charge is 0.178 e. The second-order valence-electron chi connectivity index (χ2n) is 4.41. The van der Waals surface area contributed by atoms with Crippen LogP contribution in [-0.4, -0.2) is 10.8 Å². The number of aromatic nitrogens is 1. The Bertz CT molecular complexity index is 598. The number of hydrogen-bond acceptors (Lipinski definition) is 3. The topological polar surface area (TPSA) is 39.2 Å². The van der Waals surface area contributed by atoms with Gasteiger partial charge >= 0.3 is 0 Å². The molecule has 2 aromatic rings. The molecule has 0 aliphatic rings. The second kappa shape index (κ2) is 5.53. The molecule has 0 atom stereocenters. The van der Waals surface area contributed by atoms with Crippen LogP contribution in [0.15, 0.2) is 34.9 Å². The maximum absolute atomic E-state index is 11.1. The van der Waals surface area contributed by atoms with Crippen molar-refractivity contribution in [1.82, 2.24) is 4.98 Å². The Balaban J connectivity index is 2.24. The zero-order valence-corrected chi connectivity index (χ0v) is 12.6. The first-order valence-electron chi connectivity index (χ1n) is 5.89. The molecule has 0 radical (unpaired) electrons. The van der Waals surface area contributed by atoms with Crippen molar-refractivity contribution in [3.05, 3.63) is 51.8 Å². The van der Waals surface area contributed by atoms with Crippen LogP contribution in [-0.2, 0) is 0 Å². The Labute approximate surface area is 120 Å². The quantitative estimate of drug-likeness (QED) is 0.784. The van der Waals surface area contributed by atoms with Gasteiger partial charge < -0.3 is 4.74 Å². The SMILES string of the molecule is CC(=O)c1ccc(Oc2cc(C)c(Br)c(C)c2)cn1. The molecule has 0 spiro atoms. The van der Waals surface area contributed by atoms with Crippen LogP contribution < -0.4 is 4.74 Å². The number of aryl methyl sites for hydroxylation is 2. The Kier molecular flexibility index (Phi) is 4.00. The number of halogens is 1. The lowest BCUT2D eigenvalue weighted by atomic mass is 10.1. The zero-order chi connectivity index (χ0) is 14.0. The number of hydrogen-bond donors (Lipinski definition) is 0. The third-order valence-corrected chi connectivity index (χ3v) is 3.99. The molecule has 4 heteroatoms. The van der Waals surface area contributed by atoms with Crippen molar-refractivity contribution in [2.24, 2.45) is 0 Å². The van der Waals surface area contributed by atoms with E-state index in [1.54, 1.807) is 18.3 Å². The van der Waals surface area contributed by atoms with Crippen LogP contribution in [0.1, 0.15) is 28.5 Å². The molecule has 0 aliphatic carbocycles. The van der Waals surface area contributed by atoms with E-state index in [-0.39, 0.29) is 5.78 Å². The summed E-state index contributed by atoms with van der Waals surface area (Å²) < 4.78 is 6.82. The summed E-state index contributed by atoms with van der Waals surface area (Å²) in [5.74, 6) is 1.32. The summed E-state index contributed by atoms with van der Waals surface area (Å²) in [5, 5.41) is 0. The van der Waals surface area contributed by atoms with Crippen molar-refractivity contribution in [2.75, 3.05) is 0 Å². The minimum Gasteiger partial charge on any atom is -0.456 e. The van der Waals surface area contributed by atoms with Crippen molar-refractivity contribution in [3.63, 3.8) is 0 Å². The van der Waals surface area contributed by atoms with E-state index in [9.17, 15) is 4.79 Å². The largest absolute Gasteiger partial charge is 0.456 e. The van der Waals surface area contributed by atoms with E-state index in [4.69, 9.17) is 4.74 Å². The van der Waals surface area contributed by atoms with Crippen LogP contribution >= 0.6 is 15.9 Å². The standard InChI is InChI=1S/C15H14BrNO2/c1-9-6-13(7-10(2)15(9)16)19-12-4-5-14(11(3)18)17-8-12/h4-8H,1-3H3. The molecule has 0 saturated heterocycles. The highest BCUT2D eigenvalue weighted by molar-refractivity contribution is 9.10. The summed E-state index contributed by atoms with van der Waals surface area (Å²) in [6.07, 6.45) is 1.56. The van der Waals surface area contributed by atoms with Gasteiger partial charge in [-0.1, -0.05) is 15.9 Å². The van der Waals surface area contributed by atoms with Gasteiger partial charge in [-0.05, 0) is 49.2 Å². The molecule has 1 aromatic heterocycles. The number of benzene rings is 1. The molecule has 1 aromatic carbocycles.